The molecule has 1 saturated carbocycles. The first-order valence-electron chi connectivity index (χ1n) is 8.64. The molecule has 0 unspecified atom stereocenters. The predicted molar refractivity (Wildman–Crippen MR) is 92.1 cm³/mol. The van der Waals surface area contributed by atoms with Crippen LogP contribution in [0, 0.1) is 10.1 Å². The van der Waals surface area contributed by atoms with Crippen LogP contribution in [0.25, 0.3) is 0 Å². The molecule has 132 valence electrons. The summed E-state index contributed by atoms with van der Waals surface area (Å²) in [5, 5.41) is 19.5. The van der Waals surface area contributed by atoms with Crippen molar-refractivity contribution in [1.29, 1.82) is 0 Å². The molecule has 1 aliphatic carbocycles. The minimum Gasteiger partial charge on any atom is -0.490 e. The van der Waals surface area contributed by atoms with Gasteiger partial charge in [0.1, 0.15) is 12.2 Å². The van der Waals surface area contributed by atoms with Crippen LogP contribution in [0.5, 0.6) is 5.75 Å². The van der Waals surface area contributed by atoms with E-state index in [2.05, 4.69) is 19.7 Å². The van der Waals surface area contributed by atoms with E-state index in [0.29, 0.717) is 17.7 Å². The smallest absolute Gasteiger partial charge is 0.311 e. The average Bonchev–Trinajstić information content (AvgIpc) is 3.37. The van der Waals surface area contributed by atoms with E-state index < -0.39 is 4.92 Å². The van der Waals surface area contributed by atoms with Gasteiger partial charge in [0.2, 0.25) is 0 Å². The zero-order chi connectivity index (χ0) is 17.4. The molecule has 2 aromatic rings. The highest BCUT2D eigenvalue weighted by molar-refractivity contribution is 5.59. The Hall–Kier alpha value is -2.64. The normalized spacial score (nSPS) is 18.4. The molecule has 1 saturated heterocycles. The number of hydrogen-bond acceptors (Lipinski definition) is 6. The van der Waals surface area contributed by atoms with E-state index in [1.165, 1.54) is 26.0 Å². The van der Waals surface area contributed by atoms with Gasteiger partial charge in [-0.2, -0.15) is 0 Å². The van der Waals surface area contributed by atoms with Gasteiger partial charge < -0.3 is 14.2 Å². The number of nitro groups is 1. The van der Waals surface area contributed by atoms with Crippen LogP contribution in [0.3, 0.4) is 0 Å². The van der Waals surface area contributed by atoms with Crippen molar-refractivity contribution in [2.24, 2.45) is 0 Å². The monoisotopic (exact) mass is 343 g/mol. The quantitative estimate of drug-likeness (QED) is 0.613. The van der Waals surface area contributed by atoms with Crippen LogP contribution in [0.1, 0.15) is 43.5 Å². The number of hydrogen-bond donors (Lipinski definition) is 0. The molecule has 1 aromatic carbocycles. The van der Waals surface area contributed by atoms with Gasteiger partial charge in [-0.3, -0.25) is 10.1 Å². The fraction of sp³-hybridized carbons (Fsp3) is 0.529. The molecule has 0 bridgehead atoms. The van der Waals surface area contributed by atoms with Crippen molar-refractivity contribution in [3.05, 3.63) is 40.5 Å². The van der Waals surface area contributed by atoms with Gasteiger partial charge in [0.15, 0.2) is 5.75 Å². The van der Waals surface area contributed by atoms with Crippen LogP contribution in [-0.4, -0.2) is 39.9 Å². The SMILES string of the molecule is COc1cc(N2CCC(c3nncn3C3CC3)CC2)ccc1[N+](=O)[O-]. The highest BCUT2D eigenvalue weighted by atomic mass is 16.6. The standard InChI is InChI=1S/C17H21N5O3/c1-25-16-10-14(4-5-15(16)22(23)24)20-8-6-12(7-9-20)17-19-18-11-21(17)13-2-3-13/h4-5,10-13H,2-3,6-9H2,1H3. The summed E-state index contributed by atoms with van der Waals surface area (Å²) in [6, 6.07) is 5.67. The van der Waals surface area contributed by atoms with Gasteiger partial charge in [-0.25, -0.2) is 0 Å². The summed E-state index contributed by atoms with van der Waals surface area (Å²) < 4.78 is 7.42. The largest absolute Gasteiger partial charge is 0.490 e. The lowest BCUT2D eigenvalue weighted by Gasteiger charge is -2.33. The van der Waals surface area contributed by atoms with Crippen LogP contribution >= 0.6 is 0 Å². The first kappa shape index (κ1) is 15.9. The molecule has 1 aliphatic heterocycles. The number of methoxy groups -OCH3 is 1. The van der Waals surface area contributed by atoms with E-state index >= 15 is 0 Å². The molecular weight excluding hydrogens is 322 g/mol. The lowest BCUT2D eigenvalue weighted by Crippen LogP contribution is -2.33. The third-order valence-electron chi connectivity index (χ3n) is 5.13. The summed E-state index contributed by atoms with van der Waals surface area (Å²) in [5.74, 6) is 1.85. The lowest BCUT2D eigenvalue weighted by atomic mass is 9.95. The second-order valence-corrected chi connectivity index (χ2v) is 6.70. The number of anilines is 1. The second-order valence-electron chi connectivity index (χ2n) is 6.70. The molecule has 25 heavy (non-hydrogen) atoms. The van der Waals surface area contributed by atoms with E-state index in [4.69, 9.17) is 4.74 Å². The van der Waals surface area contributed by atoms with Gasteiger partial charge in [0.05, 0.1) is 12.0 Å². The van der Waals surface area contributed by atoms with Crippen LogP contribution in [0.2, 0.25) is 0 Å². The van der Waals surface area contributed by atoms with Crippen molar-refractivity contribution in [2.75, 3.05) is 25.1 Å². The lowest BCUT2D eigenvalue weighted by molar-refractivity contribution is -0.385. The molecule has 8 heteroatoms. The van der Waals surface area contributed by atoms with Crippen molar-refractivity contribution in [2.45, 2.75) is 37.6 Å². The number of rotatable bonds is 5. The molecule has 8 nitrogen and oxygen atoms in total. The Morgan fingerprint density at radius 3 is 2.64 bits per heavy atom. The van der Waals surface area contributed by atoms with Crippen molar-refractivity contribution < 1.29 is 9.66 Å². The van der Waals surface area contributed by atoms with Gasteiger partial charge in [-0.05, 0) is 31.7 Å². The number of aromatic nitrogens is 3. The maximum absolute atomic E-state index is 11.0. The fourth-order valence-electron chi connectivity index (χ4n) is 3.59. The fourth-order valence-corrected chi connectivity index (χ4v) is 3.59. The van der Waals surface area contributed by atoms with Crippen LogP contribution < -0.4 is 9.64 Å². The Kier molecular flexibility index (Phi) is 4.03. The maximum Gasteiger partial charge on any atom is 0.311 e. The number of nitro benzene ring substituents is 1. The molecule has 2 aliphatic rings. The summed E-state index contributed by atoms with van der Waals surface area (Å²) in [6.45, 7) is 1.78. The predicted octanol–water partition coefficient (Wildman–Crippen LogP) is 2.91. The number of ether oxygens (including phenoxy) is 1. The van der Waals surface area contributed by atoms with Crippen molar-refractivity contribution in [3.63, 3.8) is 0 Å². The van der Waals surface area contributed by atoms with Crippen LogP contribution in [0.4, 0.5) is 11.4 Å². The van der Waals surface area contributed by atoms with E-state index in [9.17, 15) is 10.1 Å². The topological polar surface area (TPSA) is 86.3 Å². The highest BCUT2D eigenvalue weighted by Crippen LogP contribution is 2.39. The van der Waals surface area contributed by atoms with Crippen molar-refractivity contribution >= 4 is 11.4 Å². The molecular formula is C17H21N5O3. The molecule has 1 aromatic heterocycles. The summed E-state index contributed by atoms with van der Waals surface area (Å²) >= 11 is 0. The van der Waals surface area contributed by atoms with Crippen molar-refractivity contribution in [1.82, 2.24) is 14.8 Å². The molecule has 0 N–H and O–H groups in total. The molecule has 0 spiro atoms. The summed E-state index contributed by atoms with van der Waals surface area (Å²) in [5.41, 5.74) is 0.961. The van der Waals surface area contributed by atoms with Crippen molar-refractivity contribution in [3.8, 4) is 5.75 Å². The maximum atomic E-state index is 11.0. The van der Waals surface area contributed by atoms with E-state index in [1.807, 2.05) is 6.33 Å². The molecule has 0 amide bonds. The number of benzene rings is 1. The zero-order valence-corrected chi connectivity index (χ0v) is 14.2. The molecule has 2 heterocycles. The van der Waals surface area contributed by atoms with Gasteiger partial charge in [-0.15, -0.1) is 10.2 Å². The molecule has 4 rings (SSSR count). The van der Waals surface area contributed by atoms with Gasteiger partial charge >= 0.3 is 5.69 Å². The molecule has 0 radical (unpaired) electrons. The van der Waals surface area contributed by atoms with E-state index in [1.54, 1.807) is 12.1 Å². The summed E-state index contributed by atoms with van der Waals surface area (Å²) in [7, 11) is 1.46. The Morgan fingerprint density at radius 1 is 1.24 bits per heavy atom. The summed E-state index contributed by atoms with van der Waals surface area (Å²) in [4.78, 5) is 12.9. The molecule has 2 fully saturated rings. The average molecular weight is 343 g/mol. The Labute approximate surface area is 145 Å². The third kappa shape index (κ3) is 3.04. The Bertz CT molecular complexity index is 778. The van der Waals surface area contributed by atoms with Crippen LogP contribution in [0.15, 0.2) is 24.5 Å². The first-order chi connectivity index (χ1) is 12.2. The Morgan fingerprint density at radius 2 is 2.00 bits per heavy atom. The van der Waals surface area contributed by atoms with E-state index in [0.717, 1.165) is 37.4 Å². The van der Waals surface area contributed by atoms with E-state index in [-0.39, 0.29) is 5.69 Å². The first-order valence-corrected chi connectivity index (χ1v) is 8.64. The van der Waals surface area contributed by atoms with Gasteiger partial charge in [-0.1, -0.05) is 0 Å². The minimum atomic E-state index is -0.417. The number of nitrogens with zero attached hydrogens (tertiary/aromatic N) is 5. The Balaban J connectivity index is 1.46. The summed E-state index contributed by atoms with van der Waals surface area (Å²) in [6.07, 6.45) is 6.33. The zero-order valence-electron chi connectivity index (χ0n) is 14.2. The highest BCUT2D eigenvalue weighted by Gasteiger charge is 2.31. The number of piperidine rings is 1. The van der Waals surface area contributed by atoms with Gasteiger partial charge in [0.25, 0.3) is 0 Å². The second kappa shape index (κ2) is 6.34. The van der Waals surface area contributed by atoms with Gasteiger partial charge in [0, 0.05) is 42.9 Å². The third-order valence-corrected chi connectivity index (χ3v) is 5.13. The molecule has 0 atom stereocenters. The minimum absolute atomic E-state index is 0.00123. The van der Waals surface area contributed by atoms with Crippen LogP contribution in [-0.2, 0) is 0 Å².